The zero-order valence-corrected chi connectivity index (χ0v) is 11.0. The molecule has 7 nitrogen and oxygen atoms in total. The highest BCUT2D eigenvalue weighted by molar-refractivity contribution is 7.22. The van der Waals surface area contributed by atoms with Crippen molar-refractivity contribution in [1.29, 1.82) is 0 Å². The van der Waals surface area contributed by atoms with E-state index in [-0.39, 0.29) is 12.4 Å². The zero-order chi connectivity index (χ0) is 14.1. The lowest BCUT2D eigenvalue weighted by molar-refractivity contribution is -0.141. The number of carbonyl (C=O) groups excluding carboxylic acids is 1. The van der Waals surface area contributed by atoms with Crippen molar-refractivity contribution < 1.29 is 14.7 Å². The molecule has 3 rings (SSSR count). The van der Waals surface area contributed by atoms with Gasteiger partial charge in [-0.05, 0) is 12.1 Å². The highest BCUT2D eigenvalue weighted by Gasteiger charge is 2.27. The zero-order valence-electron chi connectivity index (χ0n) is 10.2. The van der Waals surface area contributed by atoms with E-state index in [1.54, 1.807) is 0 Å². The highest BCUT2D eigenvalue weighted by Crippen LogP contribution is 2.25. The van der Waals surface area contributed by atoms with Gasteiger partial charge >= 0.3 is 5.97 Å². The third kappa shape index (κ3) is 2.45. The number of nitrogens with one attached hydrogen (secondary N) is 2. The maximum absolute atomic E-state index is 11.4. The van der Waals surface area contributed by atoms with Crippen LogP contribution in [0.15, 0.2) is 29.3 Å². The standard InChI is InChI=1S/C12H10N4O3S/c17-9-5-7(10(18)19)13-11(15-9)16-12-14-6-3-1-2-4-8(6)20-12/h1-4,7H,5H2,(H,18,19)(H2,13,14,15,16,17). The minimum Gasteiger partial charge on any atom is -0.480 e. The second kappa shape index (κ2) is 4.89. The Labute approximate surface area is 117 Å². The molecule has 0 bridgehead atoms. The lowest BCUT2D eigenvalue weighted by atomic mass is 10.2. The number of carboxylic acid groups (broad SMARTS) is 1. The lowest BCUT2D eigenvalue weighted by Crippen LogP contribution is -2.48. The first-order valence-corrected chi connectivity index (χ1v) is 6.67. The Hall–Kier alpha value is -2.48. The molecule has 2 heterocycles. The Morgan fingerprint density at radius 2 is 2.25 bits per heavy atom. The van der Waals surface area contributed by atoms with Crippen LogP contribution in [0.3, 0.4) is 0 Å². The summed E-state index contributed by atoms with van der Waals surface area (Å²) in [6, 6.07) is 6.63. The topological polar surface area (TPSA) is 104 Å². The van der Waals surface area contributed by atoms with Gasteiger partial charge < -0.3 is 15.7 Å². The van der Waals surface area contributed by atoms with Gasteiger partial charge in [0.1, 0.15) is 6.04 Å². The Morgan fingerprint density at radius 3 is 3.00 bits per heavy atom. The van der Waals surface area contributed by atoms with Gasteiger partial charge in [0.15, 0.2) is 5.13 Å². The average molecular weight is 290 g/mol. The molecule has 0 spiro atoms. The van der Waals surface area contributed by atoms with Crippen molar-refractivity contribution in [3.05, 3.63) is 24.3 Å². The molecule has 0 fully saturated rings. The molecule has 8 heteroatoms. The quantitative estimate of drug-likeness (QED) is 0.763. The molecule has 20 heavy (non-hydrogen) atoms. The molecule has 1 aromatic carbocycles. The van der Waals surface area contributed by atoms with E-state index in [4.69, 9.17) is 5.11 Å². The molecule has 1 amide bonds. The number of thiazole rings is 1. The maximum Gasteiger partial charge on any atom is 0.326 e. The number of hydrogen-bond acceptors (Lipinski definition) is 6. The van der Waals surface area contributed by atoms with Gasteiger partial charge in [0.05, 0.1) is 16.6 Å². The van der Waals surface area contributed by atoms with Crippen LogP contribution in [-0.4, -0.2) is 34.0 Å². The summed E-state index contributed by atoms with van der Waals surface area (Å²) in [5.74, 6) is -1.44. The van der Waals surface area contributed by atoms with E-state index < -0.39 is 17.9 Å². The number of benzene rings is 1. The van der Waals surface area contributed by atoms with E-state index >= 15 is 0 Å². The lowest BCUT2D eigenvalue weighted by Gasteiger charge is -2.19. The maximum atomic E-state index is 11.4. The molecule has 0 aliphatic carbocycles. The number of nitrogens with zero attached hydrogens (tertiary/aromatic N) is 2. The first-order valence-electron chi connectivity index (χ1n) is 5.85. The van der Waals surface area contributed by atoms with E-state index in [2.05, 4.69) is 20.6 Å². The molecule has 3 N–H and O–H groups in total. The predicted molar refractivity (Wildman–Crippen MR) is 74.9 cm³/mol. The number of aliphatic carboxylic acids is 1. The molecule has 2 aromatic rings. The van der Waals surface area contributed by atoms with Crippen molar-refractivity contribution in [3.8, 4) is 0 Å². The molecular formula is C12H10N4O3S. The molecule has 1 aromatic heterocycles. The number of carbonyl (C=O) groups is 2. The molecular weight excluding hydrogens is 280 g/mol. The molecule has 1 atom stereocenters. The van der Waals surface area contributed by atoms with Crippen LogP contribution >= 0.6 is 11.3 Å². The van der Waals surface area contributed by atoms with Crippen LogP contribution in [0.2, 0.25) is 0 Å². The van der Waals surface area contributed by atoms with Crippen molar-refractivity contribution in [2.24, 2.45) is 4.99 Å². The van der Waals surface area contributed by atoms with Crippen molar-refractivity contribution >= 4 is 44.5 Å². The monoisotopic (exact) mass is 290 g/mol. The number of amides is 1. The van der Waals surface area contributed by atoms with E-state index in [1.165, 1.54) is 11.3 Å². The average Bonchev–Trinajstić information content (AvgIpc) is 2.79. The van der Waals surface area contributed by atoms with Gasteiger partial charge in [-0.3, -0.25) is 4.79 Å². The van der Waals surface area contributed by atoms with Gasteiger partial charge in [-0.1, -0.05) is 23.5 Å². The Balaban J connectivity index is 1.83. The summed E-state index contributed by atoms with van der Waals surface area (Å²) in [6.45, 7) is 0. The number of carboxylic acids is 1. The van der Waals surface area contributed by atoms with Crippen LogP contribution < -0.4 is 10.6 Å². The van der Waals surface area contributed by atoms with E-state index in [0.717, 1.165) is 10.2 Å². The number of anilines is 1. The molecule has 1 aliphatic rings. The summed E-state index contributed by atoms with van der Waals surface area (Å²) in [5.41, 5.74) is 0.831. The van der Waals surface area contributed by atoms with Gasteiger partial charge in [-0.25, -0.2) is 9.78 Å². The predicted octanol–water partition coefficient (Wildman–Crippen LogP) is 1.04. The van der Waals surface area contributed by atoms with Crippen molar-refractivity contribution in [1.82, 2.24) is 10.3 Å². The molecule has 1 aliphatic heterocycles. The number of aliphatic imine (C=N–C) groups is 1. The van der Waals surface area contributed by atoms with E-state index in [1.807, 2.05) is 24.3 Å². The number of guanidine groups is 1. The minimum absolute atomic E-state index is 0.118. The van der Waals surface area contributed by atoms with Crippen LogP contribution in [-0.2, 0) is 9.59 Å². The first kappa shape index (κ1) is 12.5. The first-order chi connectivity index (χ1) is 9.61. The fraction of sp³-hybridized carbons (Fsp3) is 0.167. The number of rotatable bonds is 2. The Kier molecular flexibility index (Phi) is 3.07. The van der Waals surface area contributed by atoms with E-state index in [9.17, 15) is 9.59 Å². The van der Waals surface area contributed by atoms with Crippen LogP contribution in [0.4, 0.5) is 5.13 Å². The summed E-state index contributed by atoms with van der Waals surface area (Å²) in [4.78, 5) is 30.4. The summed E-state index contributed by atoms with van der Waals surface area (Å²) in [6.07, 6.45) is -0.152. The highest BCUT2D eigenvalue weighted by atomic mass is 32.1. The number of para-hydroxylation sites is 1. The summed E-state index contributed by atoms with van der Waals surface area (Å²) in [7, 11) is 0. The van der Waals surface area contributed by atoms with Crippen LogP contribution in [0, 0.1) is 0 Å². The number of hydrogen-bond donors (Lipinski definition) is 3. The molecule has 0 saturated heterocycles. The van der Waals surface area contributed by atoms with Crippen LogP contribution in [0.1, 0.15) is 6.42 Å². The van der Waals surface area contributed by atoms with Crippen molar-refractivity contribution in [3.63, 3.8) is 0 Å². The summed E-state index contributed by atoms with van der Waals surface area (Å²) < 4.78 is 0.993. The molecule has 0 radical (unpaired) electrons. The Morgan fingerprint density at radius 1 is 1.45 bits per heavy atom. The normalized spacial score (nSPS) is 18.5. The third-order valence-electron chi connectivity index (χ3n) is 2.74. The van der Waals surface area contributed by atoms with Gasteiger partial charge in [0.25, 0.3) is 5.91 Å². The smallest absolute Gasteiger partial charge is 0.326 e. The molecule has 102 valence electrons. The SMILES string of the molecule is O=C1CC(C(=O)O)NC(Nc2nc3ccccc3s2)=N1. The second-order valence-corrected chi connectivity index (χ2v) is 5.24. The van der Waals surface area contributed by atoms with Gasteiger partial charge in [-0.15, -0.1) is 0 Å². The summed E-state index contributed by atoms with van der Waals surface area (Å²) >= 11 is 1.40. The molecule has 0 saturated carbocycles. The van der Waals surface area contributed by atoms with Gasteiger partial charge in [0.2, 0.25) is 5.96 Å². The second-order valence-electron chi connectivity index (χ2n) is 4.21. The van der Waals surface area contributed by atoms with Crippen LogP contribution in [0.25, 0.3) is 10.2 Å². The van der Waals surface area contributed by atoms with Gasteiger partial charge in [0, 0.05) is 0 Å². The van der Waals surface area contributed by atoms with Crippen LogP contribution in [0.5, 0.6) is 0 Å². The fourth-order valence-corrected chi connectivity index (χ4v) is 2.70. The Bertz CT molecular complexity index is 691. The largest absolute Gasteiger partial charge is 0.480 e. The minimum atomic E-state index is -1.09. The summed E-state index contributed by atoms with van der Waals surface area (Å²) in [5, 5.41) is 15.0. The fourth-order valence-electron chi connectivity index (χ4n) is 1.83. The third-order valence-corrected chi connectivity index (χ3v) is 3.70. The molecule has 1 unspecified atom stereocenters. The van der Waals surface area contributed by atoms with Crippen molar-refractivity contribution in [2.45, 2.75) is 12.5 Å². The number of aromatic nitrogens is 1. The van der Waals surface area contributed by atoms with Crippen molar-refractivity contribution in [2.75, 3.05) is 5.32 Å². The number of fused-ring (bicyclic) bond motifs is 1. The van der Waals surface area contributed by atoms with Gasteiger partial charge in [-0.2, -0.15) is 4.99 Å². The van der Waals surface area contributed by atoms with E-state index in [0.29, 0.717) is 5.13 Å².